The van der Waals surface area contributed by atoms with Crippen LogP contribution in [0.15, 0.2) is 0 Å². The molecule has 6 nitrogen and oxygen atoms in total. The molecule has 0 amide bonds. The van der Waals surface area contributed by atoms with E-state index in [2.05, 4.69) is 11.4 Å². The Kier molecular flexibility index (Phi) is 32.3. The summed E-state index contributed by atoms with van der Waals surface area (Å²) < 4.78 is 20.3. The standard InChI is InChI=1S/C21H43O6P.2Na/c1-2-3-4-5-6-7-8-9-10-11-12-13-14-15-16-17-18-26-19-20-27-28(24,25)21(22)23;;/h2-20H2,1H3,(H,22,23)(H,24,25);;/q;2*+1/p-2. The second kappa shape index (κ2) is 26.8. The molecule has 0 fully saturated rings. The second-order valence-electron chi connectivity index (χ2n) is 7.51. The van der Waals surface area contributed by atoms with E-state index in [-0.39, 0.29) is 72.3 Å². The van der Waals surface area contributed by atoms with Crippen molar-refractivity contribution in [1.29, 1.82) is 0 Å². The van der Waals surface area contributed by atoms with Gasteiger partial charge >= 0.3 is 59.1 Å². The summed E-state index contributed by atoms with van der Waals surface area (Å²) in [5.74, 6) is 0. The Labute approximate surface area is 228 Å². The zero-order chi connectivity index (χ0) is 20.9. The molecule has 1 atom stereocenters. The van der Waals surface area contributed by atoms with E-state index in [0.29, 0.717) is 6.61 Å². The van der Waals surface area contributed by atoms with Crippen molar-refractivity contribution in [3.05, 3.63) is 0 Å². The summed E-state index contributed by atoms with van der Waals surface area (Å²) in [7, 11) is -4.88. The van der Waals surface area contributed by atoms with Crippen molar-refractivity contribution in [3.63, 3.8) is 0 Å². The molecule has 0 saturated carbocycles. The summed E-state index contributed by atoms with van der Waals surface area (Å²) >= 11 is 0. The summed E-state index contributed by atoms with van der Waals surface area (Å²) in [6.07, 6.45) is 21.0. The molecule has 9 heteroatoms. The van der Waals surface area contributed by atoms with Gasteiger partial charge in [-0.25, -0.2) is 0 Å². The van der Waals surface area contributed by atoms with Gasteiger partial charge in [-0.05, 0) is 6.42 Å². The molecule has 0 aromatic rings. The third-order valence-electron chi connectivity index (χ3n) is 4.85. The van der Waals surface area contributed by atoms with E-state index in [0.717, 1.165) is 12.8 Å². The average molecular weight is 467 g/mol. The first-order valence-corrected chi connectivity index (χ1v) is 12.8. The molecule has 1 unspecified atom stereocenters. The largest absolute Gasteiger partial charge is 1.00 e. The summed E-state index contributed by atoms with van der Waals surface area (Å²) in [5, 5.41) is 10.2. The van der Waals surface area contributed by atoms with Crippen LogP contribution in [0.5, 0.6) is 0 Å². The van der Waals surface area contributed by atoms with Crippen molar-refractivity contribution in [2.45, 2.75) is 110 Å². The normalized spacial score (nSPS) is 12.6. The van der Waals surface area contributed by atoms with Crippen molar-refractivity contribution >= 4 is 13.3 Å². The van der Waals surface area contributed by atoms with Crippen LogP contribution >= 0.6 is 7.60 Å². The van der Waals surface area contributed by atoms with Gasteiger partial charge in [-0.15, -0.1) is 0 Å². The Balaban J connectivity index is -0.00000364. The smallest absolute Gasteiger partial charge is 0.774 e. The van der Waals surface area contributed by atoms with Crippen molar-refractivity contribution in [3.8, 4) is 0 Å². The third kappa shape index (κ3) is 25.8. The van der Waals surface area contributed by atoms with E-state index in [1.807, 2.05) is 0 Å². The van der Waals surface area contributed by atoms with Gasteiger partial charge in [0.2, 0.25) is 0 Å². The Morgan fingerprint density at radius 1 is 0.667 bits per heavy atom. The van der Waals surface area contributed by atoms with Crippen molar-refractivity contribution < 1.29 is 87.7 Å². The number of rotatable bonds is 22. The summed E-state index contributed by atoms with van der Waals surface area (Å²) in [5.41, 5.74) is -2.19. The Hall–Kier alpha value is 1.58. The number of hydrogen-bond donors (Lipinski definition) is 0. The molecule has 0 saturated heterocycles. The van der Waals surface area contributed by atoms with Crippen LogP contribution in [0.2, 0.25) is 0 Å². The molecule has 0 heterocycles. The number of unbranched alkanes of at least 4 members (excludes halogenated alkanes) is 15. The number of carbonyl (C=O) groups is 1. The molecular formula is C21H41Na2O6P. The predicted molar refractivity (Wildman–Crippen MR) is 109 cm³/mol. The molecule has 30 heavy (non-hydrogen) atoms. The third-order valence-corrected chi connectivity index (χ3v) is 5.82. The Morgan fingerprint density at radius 3 is 1.40 bits per heavy atom. The van der Waals surface area contributed by atoms with E-state index in [4.69, 9.17) is 4.74 Å². The van der Waals surface area contributed by atoms with Gasteiger partial charge in [0.05, 0.1) is 13.2 Å². The molecule has 0 rings (SSSR count). The Morgan fingerprint density at radius 2 is 1.03 bits per heavy atom. The summed E-state index contributed by atoms with van der Waals surface area (Å²) in [6.45, 7) is 2.58. The van der Waals surface area contributed by atoms with Gasteiger partial charge in [0, 0.05) is 6.61 Å². The van der Waals surface area contributed by atoms with E-state index in [1.54, 1.807) is 0 Å². The van der Waals surface area contributed by atoms with Crippen LogP contribution in [0, 0.1) is 0 Å². The van der Waals surface area contributed by atoms with E-state index < -0.39 is 13.3 Å². The average Bonchev–Trinajstić information content (AvgIpc) is 2.66. The molecule has 0 aliphatic carbocycles. The van der Waals surface area contributed by atoms with Crippen molar-refractivity contribution in [2.75, 3.05) is 19.8 Å². The number of hydrogen-bond acceptors (Lipinski definition) is 6. The molecule has 0 aliphatic rings. The van der Waals surface area contributed by atoms with Crippen LogP contribution in [-0.2, 0) is 13.8 Å². The first-order valence-electron chi connectivity index (χ1n) is 11.3. The number of ether oxygens (including phenoxy) is 1. The van der Waals surface area contributed by atoms with Crippen molar-refractivity contribution in [2.24, 2.45) is 0 Å². The maximum atomic E-state index is 10.8. The zero-order valence-corrected chi connectivity index (χ0v) is 24.7. The number of carbonyl (C=O) groups excluding carboxylic acids is 1. The minimum absolute atomic E-state index is 0. The van der Waals surface area contributed by atoms with Crippen molar-refractivity contribution in [1.82, 2.24) is 0 Å². The molecule has 0 aromatic carbocycles. The van der Waals surface area contributed by atoms with Crippen LogP contribution in [0.3, 0.4) is 0 Å². The topological polar surface area (TPSA) is 98.7 Å². The maximum absolute atomic E-state index is 10.8. The van der Waals surface area contributed by atoms with Crippen LogP contribution in [-0.4, -0.2) is 25.5 Å². The molecule has 0 N–H and O–H groups in total. The van der Waals surface area contributed by atoms with Gasteiger partial charge < -0.3 is 28.6 Å². The summed E-state index contributed by atoms with van der Waals surface area (Å²) in [6, 6.07) is 0. The quantitative estimate of drug-likeness (QED) is 0.118. The molecule has 0 aromatic heterocycles. The predicted octanol–water partition coefficient (Wildman–Crippen LogP) is -0.814. The van der Waals surface area contributed by atoms with Gasteiger partial charge in [0.1, 0.15) is 5.71 Å². The summed E-state index contributed by atoms with van der Waals surface area (Å²) in [4.78, 5) is 21.0. The molecule has 0 aliphatic heterocycles. The molecule has 168 valence electrons. The Bertz CT molecular complexity index is 413. The van der Waals surface area contributed by atoms with E-state index in [1.165, 1.54) is 89.9 Å². The minimum Gasteiger partial charge on any atom is -0.774 e. The van der Waals surface area contributed by atoms with Gasteiger partial charge in [-0.2, -0.15) is 0 Å². The zero-order valence-electron chi connectivity index (χ0n) is 19.8. The molecule has 0 bridgehead atoms. The maximum Gasteiger partial charge on any atom is 1.00 e. The fourth-order valence-corrected chi connectivity index (χ4v) is 3.54. The first-order chi connectivity index (χ1) is 13.5. The minimum atomic E-state index is -4.88. The van der Waals surface area contributed by atoms with Gasteiger partial charge in [0.25, 0.3) is 0 Å². The van der Waals surface area contributed by atoms with Crippen LogP contribution < -0.4 is 69.1 Å². The van der Waals surface area contributed by atoms with E-state index in [9.17, 15) is 19.4 Å². The van der Waals surface area contributed by atoms with Crippen LogP contribution in [0.4, 0.5) is 4.79 Å². The monoisotopic (exact) mass is 466 g/mol. The molecular weight excluding hydrogens is 425 g/mol. The van der Waals surface area contributed by atoms with Gasteiger partial charge in [0.15, 0.2) is 7.60 Å². The van der Waals surface area contributed by atoms with Crippen LogP contribution in [0.1, 0.15) is 110 Å². The number of carboxylic acid groups (broad SMARTS) is 1. The fourth-order valence-electron chi connectivity index (χ4n) is 3.12. The SMILES string of the molecule is CCCCCCCCCCCCCCCCCCOCCOP(=O)([O-])C(=O)[O-].[Na+].[Na+]. The molecule has 0 radical (unpaired) electrons. The first kappa shape index (κ1) is 36.2. The van der Waals surface area contributed by atoms with Gasteiger partial charge in [-0.3, -0.25) is 0 Å². The molecule has 0 spiro atoms. The fraction of sp³-hybridized carbons (Fsp3) is 0.952. The van der Waals surface area contributed by atoms with E-state index >= 15 is 0 Å². The van der Waals surface area contributed by atoms with Gasteiger partial charge in [-0.1, -0.05) is 103 Å². The second-order valence-corrected chi connectivity index (χ2v) is 9.13. The van der Waals surface area contributed by atoms with Crippen LogP contribution in [0.25, 0.3) is 0 Å².